The number of hydrogen-bond acceptors (Lipinski definition) is 4. The molecule has 0 aliphatic heterocycles. The molecule has 1 aromatic heterocycles. The van der Waals surface area contributed by atoms with Crippen LogP contribution in [0.15, 0.2) is 50.4 Å². The Bertz CT molecular complexity index is 718. The first-order chi connectivity index (χ1) is 9.42. The zero-order valence-electron chi connectivity index (χ0n) is 10.3. The van der Waals surface area contributed by atoms with Gasteiger partial charge in [-0.1, -0.05) is 15.9 Å². The molecule has 2 aromatic rings. The van der Waals surface area contributed by atoms with Crippen molar-refractivity contribution >= 4 is 47.6 Å². The summed E-state index contributed by atoms with van der Waals surface area (Å²) in [6.07, 6.45) is 1.39. The first-order valence-electron chi connectivity index (χ1n) is 5.40. The molecule has 5 nitrogen and oxygen atoms in total. The van der Waals surface area contributed by atoms with E-state index in [9.17, 15) is 8.42 Å². The highest BCUT2D eigenvalue weighted by atomic mass is 79.9. The number of halogens is 2. The Labute approximate surface area is 133 Å². The van der Waals surface area contributed by atoms with Gasteiger partial charge in [0.1, 0.15) is 4.90 Å². The van der Waals surface area contributed by atoms with Crippen LogP contribution in [0.1, 0.15) is 0 Å². The molecule has 0 aliphatic rings. The van der Waals surface area contributed by atoms with E-state index in [1.54, 1.807) is 24.3 Å². The van der Waals surface area contributed by atoms with Gasteiger partial charge in [-0.2, -0.15) is 0 Å². The molecule has 1 N–H and O–H groups in total. The molecule has 1 aromatic carbocycles. The lowest BCUT2D eigenvalue weighted by Crippen LogP contribution is -2.13. The van der Waals surface area contributed by atoms with Crippen molar-refractivity contribution in [2.24, 2.45) is 0 Å². The van der Waals surface area contributed by atoms with Crippen LogP contribution >= 0.6 is 31.9 Å². The summed E-state index contributed by atoms with van der Waals surface area (Å²) in [7, 11) is -2.19. The van der Waals surface area contributed by atoms with Gasteiger partial charge in [0.25, 0.3) is 10.0 Å². The van der Waals surface area contributed by atoms with Crippen molar-refractivity contribution in [3.63, 3.8) is 0 Å². The highest BCUT2D eigenvalue weighted by Gasteiger charge is 2.18. The average Bonchev–Trinajstić information content (AvgIpc) is 2.38. The predicted octanol–water partition coefficient (Wildman–Crippen LogP) is 3.42. The quantitative estimate of drug-likeness (QED) is 0.821. The molecule has 0 bridgehead atoms. The summed E-state index contributed by atoms with van der Waals surface area (Å²) >= 11 is 6.51. The lowest BCUT2D eigenvalue weighted by atomic mass is 10.4. The zero-order chi connectivity index (χ0) is 14.8. The van der Waals surface area contributed by atoms with Gasteiger partial charge in [0, 0.05) is 15.0 Å². The van der Waals surface area contributed by atoms with Gasteiger partial charge in [0.05, 0.1) is 19.0 Å². The Morgan fingerprint density at radius 3 is 2.50 bits per heavy atom. The number of aromatic nitrogens is 1. The molecule has 106 valence electrons. The number of anilines is 1. The Morgan fingerprint density at radius 1 is 1.20 bits per heavy atom. The molecular formula is C12H10Br2N2O3S. The summed E-state index contributed by atoms with van der Waals surface area (Å²) in [6, 6.07) is 7.99. The van der Waals surface area contributed by atoms with E-state index in [0.29, 0.717) is 16.0 Å². The summed E-state index contributed by atoms with van der Waals surface area (Å²) in [5.74, 6) is 0.415. The number of methoxy groups -OCH3 is 1. The average molecular weight is 422 g/mol. The van der Waals surface area contributed by atoms with Crippen LogP contribution < -0.4 is 9.46 Å². The van der Waals surface area contributed by atoms with Gasteiger partial charge in [-0.15, -0.1) is 0 Å². The third-order valence-corrected chi connectivity index (χ3v) is 5.23. The monoisotopic (exact) mass is 420 g/mol. The normalized spacial score (nSPS) is 11.2. The third-order valence-electron chi connectivity index (χ3n) is 2.38. The first-order valence-corrected chi connectivity index (χ1v) is 8.47. The summed E-state index contributed by atoms with van der Waals surface area (Å²) < 4.78 is 33.2. The highest BCUT2D eigenvalue weighted by Crippen LogP contribution is 2.27. The number of benzene rings is 1. The molecular weight excluding hydrogens is 412 g/mol. The van der Waals surface area contributed by atoms with Crippen molar-refractivity contribution in [2.75, 3.05) is 11.8 Å². The third kappa shape index (κ3) is 3.50. The van der Waals surface area contributed by atoms with Crippen LogP contribution in [0, 0.1) is 0 Å². The van der Waals surface area contributed by atoms with Gasteiger partial charge in [-0.3, -0.25) is 4.72 Å². The Balaban J connectivity index is 2.30. The van der Waals surface area contributed by atoms with Crippen LogP contribution in [-0.4, -0.2) is 20.5 Å². The maximum atomic E-state index is 12.3. The van der Waals surface area contributed by atoms with Gasteiger partial charge < -0.3 is 4.74 Å². The second-order valence-electron chi connectivity index (χ2n) is 3.77. The molecule has 0 spiro atoms. The van der Waals surface area contributed by atoms with Crippen LogP contribution in [0.3, 0.4) is 0 Å². The highest BCUT2D eigenvalue weighted by molar-refractivity contribution is 9.11. The van der Waals surface area contributed by atoms with E-state index in [-0.39, 0.29) is 4.90 Å². The van der Waals surface area contributed by atoms with E-state index >= 15 is 0 Å². The topological polar surface area (TPSA) is 68.3 Å². The van der Waals surface area contributed by atoms with Crippen molar-refractivity contribution in [3.8, 4) is 5.88 Å². The number of sulfonamides is 1. The van der Waals surface area contributed by atoms with E-state index in [1.807, 2.05) is 0 Å². The standard InChI is InChI=1S/C12H10Br2N2O3S/c1-19-12-5-3-9(7-15-12)16-20(17,18)11-4-2-8(13)6-10(11)14/h2-7,16H,1H3. The van der Waals surface area contributed by atoms with Crippen LogP contribution in [0.25, 0.3) is 0 Å². The van der Waals surface area contributed by atoms with Gasteiger partial charge >= 0.3 is 0 Å². The number of pyridine rings is 1. The second-order valence-corrected chi connectivity index (χ2v) is 7.19. The molecule has 0 saturated carbocycles. The Hall–Kier alpha value is -1.12. The SMILES string of the molecule is COc1ccc(NS(=O)(=O)c2ccc(Br)cc2Br)cn1. The summed E-state index contributed by atoms with van der Waals surface area (Å²) in [6.45, 7) is 0. The summed E-state index contributed by atoms with van der Waals surface area (Å²) in [5.41, 5.74) is 0.362. The van der Waals surface area contributed by atoms with Crippen molar-refractivity contribution in [1.29, 1.82) is 0 Å². The maximum absolute atomic E-state index is 12.3. The number of nitrogens with zero attached hydrogens (tertiary/aromatic N) is 1. The van der Waals surface area contributed by atoms with Gasteiger partial charge in [0.2, 0.25) is 5.88 Å². The van der Waals surface area contributed by atoms with Crippen LogP contribution in [-0.2, 0) is 10.0 Å². The number of ether oxygens (including phenoxy) is 1. The first kappa shape index (κ1) is 15.3. The smallest absolute Gasteiger partial charge is 0.263 e. The number of rotatable bonds is 4. The molecule has 2 rings (SSSR count). The van der Waals surface area contributed by atoms with Crippen LogP contribution in [0.2, 0.25) is 0 Å². The minimum Gasteiger partial charge on any atom is -0.481 e. The minimum atomic E-state index is -3.68. The molecule has 1 heterocycles. The predicted molar refractivity (Wildman–Crippen MR) is 83.4 cm³/mol. The Morgan fingerprint density at radius 2 is 1.95 bits per heavy atom. The fourth-order valence-electron chi connectivity index (χ4n) is 1.46. The Kier molecular flexibility index (Phi) is 4.66. The van der Waals surface area contributed by atoms with E-state index in [0.717, 1.165) is 4.47 Å². The molecule has 0 unspecified atom stereocenters. The van der Waals surface area contributed by atoms with Gasteiger partial charge in [-0.05, 0) is 40.2 Å². The molecule has 0 saturated heterocycles. The number of nitrogens with one attached hydrogen (secondary N) is 1. The van der Waals surface area contributed by atoms with Crippen molar-refractivity contribution in [1.82, 2.24) is 4.98 Å². The summed E-state index contributed by atoms with van der Waals surface area (Å²) in [5, 5.41) is 0. The fraction of sp³-hybridized carbons (Fsp3) is 0.0833. The molecule has 0 aliphatic carbocycles. The lowest BCUT2D eigenvalue weighted by molar-refractivity contribution is 0.398. The molecule has 8 heteroatoms. The van der Waals surface area contributed by atoms with E-state index < -0.39 is 10.0 Å². The summed E-state index contributed by atoms with van der Waals surface area (Å²) in [4.78, 5) is 4.09. The lowest BCUT2D eigenvalue weighted by Gasteiger charge is -2.10. The second kappa shape index (κ2) is 6.11. The molecule has 0 fully saturated rings. The van der Waals surface area contributed by atoms with Crippen molar-refractivity contribution in [3.05, 3.63) is 45.5 Å². The minimum absolute atomic E-state index is 0.150. The fourth-order valence-corrected chi connectivity index (χ4v) is 4.25. The van der Waals surface area contributed by atoms with Crippen LogP contribution in [0.4, 0.5) is 5.69 Å². The van der Waals surface area contributed by atoms with Crippen molar-refractivity contribution < 1.29 is 13.2 Å². The van der Waals surface area contributed by atoms with E-state index in [2.05, 4.69) is 41.6 Å². The van der Waals surface area contributed by atoms with E-state index in [1.165, 1.54) is 19.4 Å². The van der Waals surface area contributed by atoms with Crippen molar-refractivity contribution in [2.45, 2.75) is 4.90 Å². The van der Waals surface area contributed by atoms with Gasteiger partial charge in [-0.25, -0.2) is 13.4 Å². The zero-order valence-corrected chi connectivity index (χ0v) is 14.3. The largest absolute Gasteiger partial charge is 0.481 e. The van der Waals surface area contributed by atoms with Crippen LogP contribution in [0.5, 0.6) is 5.88 Å². The molecule has 20 heavy (non-hydrogen) atoms. The van der Waals surface area contributed by atoms with E-state index in [4.69, 9.17) is 4.74 Å². The molecule has 0 amide bonds. The molecule has 0 atom stereocenters. The maximum Gasteiger partial charge on any atom is 0.263 e. The molecule has 0 radical (unpaired) electrons. The number of hydrogen-bond donors (Lipinski definition) is 1. The van der Waals surface area contributed by atoms with Gasteiger partial charge in [0.15, 0.2) is 0 Å².